The lowest BCUT2D eigenvalue weighted by Crippen LogP contribution is -2.27. The van der Waals surface area contributed by atoms with Gasteiger partial charge in [-0.3, -0.25) is 4.79 Å². The second-order valence-corrected chi connectivity index (χ2v) is 6.31. The van der Waals surface area contributed by atoms with E-state index in [1.807, 2.05) is 78.5 Å². The van der Waals surface area contributed by atoms with Crippen LogP contribution in [0.15, 0.2) is 71.1 Å². The summed E-state index contributed by atoms with van der Waals surface area (Å²) in [4.78, 5) is 22.5. The maximum Gasteiger partial charge on any atom is 0.211 e. The van der Waals surface area contributed by atoms with Crippen molar-refractivity contribution in [2.45, 2.75) is 6.61 Å². The van der Waals surface area contributed by atoms with E-state index in [1.54, 1.807) is 0 Å². The van der Waals surface area contributed by atoms with Gasteiger partial charge in [0.15, 0.2) is 0 Å². The molecule has 0 atom stereocenters. The summed E-state index contributed by atoms with van der Waals surface area (Å²) < 4.78 is 0. The van der Waals surface area contributed by atoms with Gasteiger partial charge in [-0.25, -0.2) is 0 Å². The van der Waals surface area contributed by atoms with Crippen LogP contribution in [0.5, 0.6) is 0 Å². The van der Waals surface area contributed by atoms with E-state index in [0.29, 0.717) is 30.2 Å². The minimum Gasteiger partial charge on any atom is -0.390 e. The van der Waals surface area contributed by atoms with Crippen molar-refractivity contribution in [1.29, 1.82) is 0 Å². The van der Waals surface area contributed by atoms with E-state index in [-0.39, 0.29) is 5.78 Å². The molecule has 0 fully saturated rings. The first-order chi connectivity index (χ1) is 12.2. The lowest BCUT2D eigenvalue weighted by molar-refractivity contribution is 0.1000. The quantitative estimate of drug-likeness (QED) is 0.810. The number of ketones is 1. The van der Waals surface area contributed by atoms with Crippen LogP contribution in [-0.2, 0) is 11.4 Å². The zero-order valence-electron chi connectivity index (χ0n) is 14.3. The van der Waals surface area contributed by atoms with Gasteiger partial charge >= 0.3 is 0 Å². The van der Waals surface area contributed by atoms with Crippen LogP contribution < -0.4 is 0 Å². The van der Waals surface area contributed by atoms with E-state index in [1.165, 1.54) is 0 Å². The van der Waals surface area contributed by atoms with Gasteiger partial charge in [-0.2, -0.15) is 0 Å². The molecule has 1 heterocycles. The third-order valence-corrected chi connectivity index (χ3v) is 4.51. The Hall–Kier alpha value is -3.08. The SMILES string of the molecule is CN1CN(C)C2=C1C(=O)c1ccccc1C2=NOCc1ccccc1. The zero-order valence-corrected chi connectivity index (χ0v) is 14.3. The highest BCUT2D eigenvalue weighted by Gasteiger charge is 2.39. The molecule has 126 valence electrons. The minimum absolute atomic E-state index is 0.0412. The number of oxime groups is 1. The van der Waals surface area contributed by atoms with E-state index < -0.39 is 0 Å². The molecule has 4 rings (SSSR count). The Balaban J connectivity index is 1.74. The van der Waals surface area contributed by atoms with Gasteiger partial charge in [-0.1, -0.05) is 59.8 Å². The normalized spacial score (nSPS) is 17.8. The van der Waals surface area contributed by atoms with Gasteiger partial charge in [0.05, 0.1) is 12.4 Å². The van der Waals surface area contributed by atoms with Gasteiger partial charge in [0.1, 0.15) is 18.0 Å². The first-order valence-corrected chi connectivity index (χ1v) is 8.21. The molecule has 25 heavy (non-hydrogen) atoms. The van der Waals surface area contributed by atoms with Crippen LogP contribution in [0.1, 0.15) is 21.5 Å². The smallest absolute Gasteiger partial charge is 0.211 e. The highest BCUT2D eigenvalue weighted by Crippen LogP contribution is 2.33. The molecule has 0 saturated carbocycles. The molecule has 2 aromatic carbocycles. The summed E-state index contributed by atoms with van der Waals surface area (Å²) in [7, 11) is 3.89. The molecule has 0 N–H and O–H groups in total. The Labute approximate surface area is 146 Å². The van der Waals surface area contributed by atoms with Crippen LogP contribution in [0.3, 0.4) is 0 Å². The molecule has 1 aliphatic carbocycles. The van der Waals surface area contributed by atoms with Crippen LogP contribution in [0.4, 0.5) is 0 Å². The Kier molecular flexibility index (Phi) is 3.76. The molecule has 5 nitrogen and oxygen atoms in total. The fourth-order valence-electron chi connectivity index (χ4n) is 3.38. The monoisotopic (exact) mass is 333 g/mol. The number of rotatable bonds is 3. The fourth-order valence-corrected chi connectivity index (χ4v) is 3.38. The number of benzene rings is 2. The van der Waals surface area contributed by atoms with Crippen LogP contribution in [0, 0.1) is 0 Å². The Morgan fingerprint density at radius 3 is 2.32 bits per heavy atom. The molecule has 0 unspecified atom stereocenters. The number of allylic oxidation sites excluding steroid dienone is 2. The second kappa shape index (κ2) is 6.09. The largest absolute Gasteiger partial charge is 0.390 e. The predicted octanol–water partition coefficient (Wildman–Crippen LogP) is 2.85. The molecule has 0 amide bonds. The topological polar surface area (TPSA) is 45.1 Å². The maximum absolute atomic E-state index is 12.9. The standard InChI is InChI=1S/C20H19N3O2/c1-22-13-23(2)19-18(22)17(15-10-6-7-11-16(15)20(19)24)21-25-12-14-8-4-3-5-9-14/h3-11H,12-13H2,1-2H3. The third kappa shape index (κ3) is 2.58. The molecule has 0 spiro atoms. The molecule has 1 aliphatic heterocycles. The summed E-state index contributed by atoms with van der Waals surface area (Å²) in [6, 6.07) is 17.5. The van der Waals surface area contributed by atoms with Crippen LogP contribution in [-0.4, -0.2) is 42.1 Å². The highest BCUT2D eigenvalue weighted by molar-refractivity contribution is 6.28. The number of likely N-dealkylation sites (N-methyl/N-ethyl adjacent to an activating group) is 2. The Bertz CT molecular complexity index is 887. The lowest BCUT2D eigenvalue weighted by atomic mass is 9.90. The summed E-state index contributed by atoms with van der Waals surface area (Å²) in [5.41, 5.74) is 4.78. The van der Waals surface area contributed by atoms with Crippen molar-refractivity contribution in [2.75, 3.05) is 20.8 Å². The van der Waals surface area contributed by atoms with Gasteiger partial charge in [0.2, 0.25) is 5.78 Å². The Morgan fingerprint density at radius 2 is 1.56 bits per heavy atom. The zero-order chi connectivity index (χ0) is 17.4. The summed E-state index contributed by atoms with van der Waals surface area (Å²) in [6.45, 7) is 1.05. The van der Waals surface area contributed by atoms with Gasteiger partial charge in [0, 0.05) is 25.2 Å². The molecule has 2 aromatic rings. The maximum atomic E-state index is 12.9. The molecule has 0 bridgehead atoms. The summed E-state index contributed by atoms with van der Waals surface area (Å²) in [6.07, 6.45) is 0. The lowest BCUT2D eigenvalue weighted by Gasteiger charge is -2.22. The number of nitrogens with zero attached hydrogens (tertiary/aromatic N) is 3. The summed E-state index contributed by atoms with van der Waals surface area (Å²) in [5, 5.41) is 4.42. The van der Waals surface area contributed by atoms with E-state index in [9.17, 15) is 4.79 Å². The molecule has 5 heteroatoms. The number of hydrogen-bond donors (Lipinski definition) is 0. The average molecular weight is 333 g/mol. The van der Waals surface area contributed by atoms with E-state index >= 15 is 0 Å². The van der Waals surface area contributed by atoms with Crippen molar-refractivity contribution in [2.24, 2.45) is 5.16 Å². The number of hydrogen-bond acceptors (Lipinski definition) is 5. The van der Waals surface area contributed by atoms with Crippen molar-refractivity contribution < 1.29 is 9.63 Å². The molecular formula is C20H19N3O2. The minimum atomic E-state index is 0.0412. The van der Waals surface area contributed by atoms with Crippen molar-refractivity contribution in [3.05, 3.63) is 82.7 Å². The molecular weight excluding hydrogens is 314 g/mol. The summed E-state index contributed by atoms with van der Waals surface area (Å²) >= 11 is 0. The van der Waals surface area contributed by atoms with Crippen LogP contribution >= 0.6 is 0 Å². The van der Waals surface area contributed by atoms with Gasteiger partial charge < -0.3 is 14.6 Å². The number of carbonyl (C=O) groups excluding carboxylic acids is 1. The Morgan fingerprint density at radius 1 is 0.920 bits per heavy atom. The highest BCUT2D eigenvalue weighted by atomic mass is 16.6. The molecule has 0 aromatic heterocycles. The first kappa shape index (κ1) is 15.4. The third-order valence-electron chi connectivity index (χ3n) is 4.51. The second-order valence-electron chi connectivity index (χ2n) is 6.31. The van der Waals surface area contributed by atoms with E-state index in [2.05, 4.69) is 5.16 Å². The fraction of sp³-hybridized carbons (Fsp3) is 0.200. The van der Waals surface area contributed by atoms with E-state index in [0.717, 1.165) is 16.8 Å². The van der Waals surface area contributed by atoms with Crippen molar-refractivity contribution in [1.82, 2.24) is 9.80 Å². The number of carbonyl (C=O) groups is 1. The van der Waals surface area contributed by atoms with Gasteiger partial charge in [-0.05, 0) is 5.56 Å². The summed E-state index contributed by atoms with van der Waals surface area (Å²) in [5.74, 6) is 0.0412. The molecule has 2 aliphatic rings. The van der Waals surface area contributed by atoms with E-state index in [4.69, 9.17) is 4.84 Å². The number of fused-ring (bicyclic) bond motifs is 1. The van der Waals surface area contributed by atoms with Crippen molar-refractivity contribution in [3.63, 3.8) is 0 Å². The van der Waals surface area contributed by atoms with Crippen molar-refractivity contribution >= 4 is 11.5 Å². The van der Waals surface area contributed by atoms with Crippen molar-refractivity contribution in [3.8, 4) is 0 Å². The van der Waals surface area contributed by atoms with Crippen LogP contribution in [0.25, 0.3) is 0 Å². The molecule has 0 radical (unpaired) electrons. The average Bonchev–Trinajstić information content (AvgIpc) is 2.93. The number of Topliss-reactive ketones (excluding diaryl/α,β-unsaturated/α-hetero) is 1. The molecule has 0 saturated heterocycles. The van der Waals surface area contributed by atoms with Gasteiger partial charge in [0.25, 0.3) is 0 Å². The first-order valence-electron chi connectivity index (χ1n) is 8.21. The predicted molar refractivity (Wildman–Crippen MR) is 96.0 cm³/mol. The van der Waals surface area contributed by atoms with Gasteiger partial charge in [-0.15, -0.1) is 0 Å². The van der Waals surface area contributed by atoms with Crippen LogP contribution in [0.2, 0.25) is 0 Å².